The van der Waals surface area contributed by atoms with Crippen molar-refractivity contribution in [2.45, 2.75) is 45.1 Å². The monoisotopic (exact) mass is 449 g/mol. The van der Waals surface area contributed by atoms with Gasteiger partial charge in [-0.25, -0.2) is 17.6 Å². The van der Waals surface area contributed by atoms with Crippen LogP contribution in [0.1, 0.15) is 43.9 Å². The summed E-state index contributed by atoms with van der Waals surface area (Å²) in [6.07, 6.45) is -3.11. The Bertz CT molecular complexity index is 1110. The molecule has 6 nitrogen and oxygen atoms in total. The lowest BCUT2D eigenvalue weighted by Gasteiger charge is -2.27. The highest BCUT2D eigenvalue weighted by molar-refractivity contribution is 5.96. The van der Waals surface area contributed by atoms with Crippen molar-refractivity contribution < 1.29 is 22.4 Å². The molecule has 0 saturated carbocycles. The Labute approximate surface area is 182 Å². The first-order valence-electron chi connectivity index (χ1n) is 9.81. The van der Waals surface area contributed by atoms with Crippen LogP contribution in [0.4, 0.5) is 17.6 Å². The maximum absolute atomic E-state index is 13.4. The number of amides is 1. The van der Waals surface area contributed by atoms with Crippen molar-refractivity contribution in [2.24, 2.45) is 0 Å². The summed E-state index contributed by atoms with van der Waals surface area (Å²) < 4.78 is 54.7. The van der Waals surface area contributed by atoms with E-state index in [9.17, 15) is 22.4 Å². The molecule has 1 unspecified atom stereocenters. The molecule has 3 rings (SSSR count). The number of benzene rings is 2. The Morgan fingerprint density at radius 1 is 1.06 bits per heavy atom. The van der Waals surface area contributed by atoms with Crippen LogP contribution in [-0.2, 0) is 5.41 Å². The van der Waals surface area contributed by atoms with Gasteiger partial charge in [0.1, 0.15) is 18.0 Å². The molecule has 0 spiro atoms. The van der Waals surface area contributed by atoms with Gasteiger partial charge < -0.3 is 5.32 Å². The van der Waals surface area contributed by atoms with Crippen molar-refractivity contribution in [2.75, 3.05) is 6.67 Å². The molecule has 170 valence electrons. The van der Waals surface area contributed by atoms with E-state index >= 15 is 0 Å². The quantitative estimate of drug-likeness (QED) is 0.563. The molecule has 0 aliphatic heterocycles. The minimum atomic E-state index is -3.11. The van der Waals surface area contributed by atoms with E-state index in [2.05, 4.69) is 20.8 Å². The van der Waals surface area contributed by atoms with Gasteiger partial charge in [0.2, 0.25) is 0 Å². The number of hydrogen-bond donors (Lipinski definition) is 1. The number of nitrogens with one attached hydrogen (secondary N) is 1. The number of tetrazole rings is 1. The molecule has 0 bridgehead atoms. The van der Waals surface area contributed by atoms with Crippen molar-refractivity contribution in [1.82, 2.24) is 25.5 Å². The number of aromatic nitrogens is 4. The van der Waals surface area contributed by atoms with Crippen molar-refractivity contribution in [3.8, 4) is 16.8 Å². The van der Waals surface area contributed by atoms with Gasteiger partial charge in [-0.15, -0.1) is 5.10 Å². The summed E-state index contributed by atoms with van der Waals surface area (Å²) in [5, 5.41) is 13.8. The van der Waals surface area contributed by atoms with Crippen LogP contribution >= 0.6 is 0 Å². The van der Waals surface area contributed by atoms with Gasteiger partial charge in [0, 0.05) is 11.0 Å². The molecule has 1 amide bonds. The maximum Gasteiger partial charge on any atom is 0.263 e. The molecule has 1 N–H and O–H groups in total. The summed E-state index contributed by atoms with van der Waals surface area (Å²) in [7, 11) is 0. The second kappa shape index (κ2) is 8.68. The number of carbonyl (C=O) groups is 1. The average molecular weight is 449 g/mol. The molecule has 1 heterocycles. The fraction of sp³-hybridized carbons (Fsp3) is 0.364. The largest absolute Gasteiger partial charge is 0.339 e. The van der Waals surface area contributed by atoms with Gasteiger partial charge >= 0.3 is 0 Å². The van der Waals surface area contributed by atoms with E-state index in [4.69, 9.17) is 0 Å². The van der Waals surface area contributed by atoms with Gasteiger partial charge in [-0.05, 0) is 58.8 Å². The van der Waals surface area contributed by atoms with E-state index in [1.807, 2.05) is 20.8 Å². The van der Waals surface area contributed by atoms with Crippen molar-refractivity contribution in [1.29, 1.82) is 0 Å². The number of halogens is 4. The van der Waals surface area contributed by atoms with E-state index < -0.39 is 35.8 Å². The molecule has 1 atom stereocenters. The molecule has 1 aromatic heterocycles. The smallest absolute Gasteiger partial charge is 0.263 e. The second-order valence-electron chi connectivity index (χ2n) is 8.75. The molecule has 32 heavy (non-hydrogen) atoms. The first kappa shape index (κ1) is 23.4. The topological polar surface area (TPSA) is 72.7 Å². The van der Waals surface area contributed by atoms with Crippen LogP contribution in [0.2, 0.25) is 0 Å². The minimum absolute atomic E-state index is 0.00231. The molecule has 0 radical (unpaired) electrons. The Balaban J connectivity index is 2.15. The Hall–Kier alpha value is -3.30. The van der Waals surface area contributed by atoms with E-state index in [0.29, 0.717) is 22.6 Å². The lowest BCUT2D eigenvalue weighted by atomic mass is 9.95. The summed E-state index contributed by atoms with van der Waals surface area (Å²) in [6, 6.07) is 10.1. The zero-order chi connectivity index (χ0) is 23.7. The Kier molecular flexibility index (Phi) is 6.34. The zero-order valence-corrected chi connectivity index (χ0v) is 18.0. The number of rotatable bonds is 6. The van der Waals surface area contributed by atoms with Gasteiger partial charge in [0.15, 0.2) is 5.82 Å². The standard InChI is InChI=1S/C22H23F4N5O/c1-21(2,3)20-28-29-30-31(20)17-10-14(13-5-7-16(24)8-6-13)9-15(11-17)18(32)27-22(4,12-23)19(25)26/h5-11,19H,12H2,1-4H3,(H,27,32). The van der Waals surface area contributed by atoms with Gasteiger partial charge in [0.25, 0.3) is 12.3 Å². The lowest BCUT2D eigenvalue weighted by Crippen LogP contribution is -2.53. The van der Waals surface area contributed by atoms with Crippen molar-refractivity contribution in [3.63, 3.8) is 0 Å². The molecule has 2 aromatic carbocycles. The molecule has 0 saturated heterocycles. The highest BCUT2D eigenvalue weighted by Crippen LogP contribution is 2.28. The third kappa shape index (κ3) is 4.79. The fourth-order valence-electron chi connectivity index (χ4n) is 2.98. The van der Waals surface area contributed by atoms with E-state index in [-0.39, 0.29) is 5.56 Å². The predicted octanol–water partition coefficient (Wildman–Crippen LogP) is 4.49. The van der Waals surface area contributed by atoms with Crippen molar-refractivity contribution in [3.05, 3.63) is 59.7 Å². The molecule has 0 fully saturated rings. The highest BCUT2D eigenvalue weighted by Gasteiger charge is 2.37. The van der Waals surface area contributed by atoms with Gasteiger partial charge in [0.05, 0.1) is 5.69 Å². The average Bonchev–Trinajstić information content (AvgIpc) is 3.24. The summed E-state index contributed by atoms with van der Waals surface area (Å²) in [5.74, 6) is -0.823. The normalized spacial score (nSPS) is 13.8. The molecule has 10 heteroatoms. The van der Waals surface area contributed by atoms with E-state index in [0.717, 1.165) is 6.92 Å². The first-order valence-corrected chi connectivity index (χ1v) is 9.81. The maximum atomic E-state index is 13.4. The molecular formula is C22H23F4N5O. The third-order valence-electron chi connectivity index (χ3n) is 4.90. The third-order valence-corrected chi connectivity index (χ3v) is 4.90. The van der Waals surface area contributed by atoms with Crippen LogP contribution in [-0.4, -0.2) is 44.8 Å². The van der Waals surface area contributed by atoms with Gasteiger partial charge in [-0.3, -0.25) is 4.79 Å². The predicted molar refractivity (Wildman–Crippen MR) is 111 cm³/mol. The minimum Gasteiger partial charge on any atom is -0.339 e. The fourth-order valence-corrected chi connectivity index (χ4v) is 2.98. The number of carbonyl (C=O) groups excluding carboxylic acids is 1. The number of nitrogens with zero attached hydrogens (tertiary/aromatic N) is 4. The van der Waals surface area contributed by atoms with Crippen LogP contribution in [0.5, 0.6) is 0 Å². The van der Waals surface area contributed by atoms with E-state index in [1.54, 1.807) is 6.07 Å². The highest BCUT2D eigenvalue weighted by atomic mass is 19.3. The second-order valence-corrected chi connectivity index (χ2v) is 8.75. The summed E-state index contributed by atoms with van der Waals surface area (Å²) in [4.78, 5) is 12.8. The molecular weight excluding hydrogens is 426 g/mol. The summed E-state index contributed by atoms with van der Waals surface area (Å²) >= 11 is 0. The molecule has 0 aliphatic carbocycles. The molecule has 3 aromatic rings. The number of alkyl halides is 3. The SMILES string of the molecule is CC(C)(C)c1nnnn1-c1cc(C(=O)NC(C)(CF)C(F)F)cc(-c2ccc(F)cc2)c1. The first-order chi connectivity index (χ1) is 14.9. The summed E-state index contributed by atoms with van der Waals surface area (Å²) in [5.41, 5.74) is -1.31. The van der Waals surface area contributed by atoms with E-state index in [1.165, 1.54) is 41.1 Å². The van der Waals surface area contributed by atoms with Crippen LogP contribution in [0.15, 0.2) is 42.5 Å². The Morgan fingerprint density at radius 2 is 1.72 bits per heavy atom. The van der Waals surface area contributed by atoms with Crippen LogP contribution in [0.25, 0.3) is 16.8 Å². The van der Waals surface area contributed by atoms with Crippen LogP contribution in [0.3, 0.4) is 0 Å². The van der Waals surface area contributed by atoms with Gasteiger partial charge in [-0.2, -0.15) is 4.68 Å². The van der Waals surface area contributed by atoms with Crippen LogP contribution < -0.4 is 5.32 Å². The lowest BCUT2D eigenvalue weighted by molar-refractivity contribution is 0.0239. The number of hydrogen-bond acceptors (Lipinski definition) is 4. The van der Waals surface area contributed by atoms with Gasteiger partial charge in [-0.1, -0.05) is 32.9 Å². The summed E-state index contributed by atoms with van der Waals surface area (Å²) in [6.45, 7) is 5.20. The Morgan fingerprint density at radius 3 is 2.28 bits per heavy atom. The molecule has 0 aliphatic rings. The zero-order valence-electron chi connectivity index (χ0n) is 18.0. The van der Waals surface area contributed by atoms with Crippen LogP contribution in [0, 0.1) is 5.82 Å². The van der Waals surface area contributed by atoms with Crippen molar-refractivity contribution >= 4 is 5.91 Å².